The van der Waals surface area contributed by atoms with Crippen molar-refractivity contribution in [2.24, 2.45) is 5.73 Å². The second-order valence-electron chi connectivity index (χ2n) is 3.89. The van der Waals surface area contributed by atoms with E-state index < -0.39 is 0 Å². The van der Waals surface area contributed by atoms with Gasteiger partial charge in [0.2, 0.25) is 0 Å². The van der Waals surface area contributed by atoms with Crippen LogP contribution in [0, 0.1) is 12.7 Å². The number of methoxy groups -OCH3 is 1. The van der Waals surface area contributed by atoms with Crippen molar-refractivity contribution in [3.8, 4) is 5.75 Å². The molecule has 1 rings (SSSR count). The topological polar surface area (TPSA) is 35.2 Å². The third-order valence-corrected chi connectivity index (χ3v) is 3.36. The minimum atomic E-state index is -0.216. The highest BCUT2D eigenvalue weighted by molar-refractivity contribution is 9.10. The van der Waals surface area contributed by atoms with E-state index in [0.29, 0.717) is 22.3 Å². The fourth-order valence-electron chi connectivity index (χ4n) is 1.91. The Bertz CT molecular complexity index is 382. The van der Waals surface area contributed by atoms with Gasteiger partial charge in [-0.25, -0.2) is 4.39 Å². The molecule has 0 aliphatic heterocycles. The van der Waals surface area contributed by atoms with Gasteiger partial charge in [-0.05, 0) is 53.4 Å². The van der Waals surface area contributed by atoms with E-state index in [2.05, 4.69) is 15.9 Å². The van der Waals surface area contributed by atoms with Crippen molar-refractivity contribution in [1.29, 1.82) is 0 Å². The molecule has 0 bridgehead atoms. The van der Waals surface area contributed by atoms with E-state index in [1.165, 1.54) is 6.07 Å². The number of hydrogen-bond donors (Lipinski definition) is 1. The monoisotopic (exact) mass is 289 g/mol. The molecule has 2 N–H and O–H groups in total. The average molecular weight is 290 g/mol. The second-order valence-corrected chi connectivity index (χ2v) is 4.74. The molecule has 1 atom stereocenters. The maximum Gasteiger partial charge on any atom is 0.136 e. The minimum Gasteiger partial charge on any atom is -0.495 e. The molecule has 1 aromatic rings. The first-order valence-electron chi connectivity index (χ1n) is 5.25. The van der Waals surface area contributed by atoms with Crippen LogP contribution in [0.2, 0.25) is 0 Å². The van der Waals surface area contributed by atoms with Crippen LogP contribution < -0.4 is 10.5 Å². The minimum absolute atomic E-state index is 0.187. The fraction of sp³-hybridized carbons (Fsp3) is 0.500. The van der Waals surface area contributed by atoms with Gasteiger partial charge in [0.05, 0.1) is 11.6 Å². The summed E-state index contributed by atoms with van der Waals surface area (Å²) in [4.78, 5) is 0. The van der Waals surface area contributed by atoms with Crippen LogP contribution >= 0.6 is 15.9 Å². The third kappa shape index (κ3) is 2.55. The van der Waals surface area contributed by atoms with E-state index in [0.717, 1.165) is 12.0 Å². The Balaban J connectivity index is 3.32. The normalized spacial score (nSPS) is 12.6. The number of ether oxygens (including phenoxy) is 1. The Morgan fingerprint density at radius 2 is 2.19 bits per heavy atom. The van der Waals surface area contributed by atoms with E-state index in [9.17, 15) is 4.39 Å². The summed E-state index contributed by atoms with van der Waals surface area (Å²) in [6.45, 7) is 4.38. The molecule has 2 nitrogen and oxygen atoms in total. The lowest BCUT2D eigenvalue weighted by Gasteiger charge is -2.19. The number of nitrogens with two attached hydrogens (primary N) is 1. The molecule has 0 saturated carbocycles. The summed E-state index contributed by atoms with van der Waals surface area (Å²) in [6.07, 6.45) is 0.813. The Morgan fingerprint density at radius 1 is 1.56 bits per heavy atom. The van der Waals surface area contributed by atoms with Crippen LogP contribution in [0.15, 0.2) is 10.5 Å². The Kier molecular flexibility index (Phi) is 4.74. The van der Waals surface area contributed by atoms with Gasteiger partial charge in [-0.3, -0.25) is 0 Å². The largest absolute Gasteiger partial charge is 0.495 e. The molecule has 0 fully saturated rings. The van der Waals surface area contributed by atoms with Gasteiger partial charge < -0.3 is 10.5 Å². The van der Waals surface area contributed by atoms with Gasteiger partial charge in [-0.2, -0.15) is 0 Å². The van der Waals surface area contributed by atoms with Gasteiger partial charge in [-0.1, -0.05) is 6.92 Å². The van der Waals surface area contributed by atoms with Gasteiger partial charge in [0.15, 0.2) is 0 Å². The van der Waals surface area contributed by atoms with Crippen LogP contribution in [0.5, 0.6) is 5.75 Å². The molecule has 0 heterocycles. The van der Waals surface area contributed by atoms with Crippen molar-refractivity contribution < 1.29 is 9.13 Å². The second kappa shape index (κ2) is 5.64. The summed E-state index contributed by atoms with van der Waals surface area (Å²) in [5.41, 5.74) is 7.08. The van der Waals surface area contributed by atoms with E-state index >= 15 is 0 Å². The number of benzene rings is 1. The lowest BCUT2D eigenvalue weighted by atomic mass is 9.92. The van der Waals surface area contributed by atoms with Crippen molar-refractivity contribution >= 4 is 15.9 Å². The van der Waals surface area contributed by atoms with Crippen molar-refractivity contribution in [1.82, 2.24) is 0 Å². The van der Waals surface area contributed by atoms with E-state index in [4.69, 9.17) is 10.5 Å². The van der Waals surface area contributed by atoms with Gasteiger partial charge in [0.1, 0.15) is 11.6 Å². The lowest BCUT2D eigenvalue weighted by Crippen LogP contribution is -2.08. The summed E-state index contributed by atoms with van der Waals surface area (Å²) in [5, 5.41) is 0. The van der Waals surface area contributed by atoms with Crippen LogP contribution in [-0.2, 0) is 0 Å². The number of halogens is 2. The third-order valence-electron chi connectivity index (χ3n) is 2.77. The van der Waals surface area contributed by atoms with Crippen LogP contribution in [0.3, 0.4) is 0 Å². The standard InChI is InChI=1S/C12H17BrFNO/c1-7(4-5-15)11-8(2)10(14)6-9(13)12(11)16-3/h6-7H,4-5,15H2,1-3H3. The first-order valence-corrected chi connectivity index (χ1v) is 6.04. The highest BCUT2D eigenvalue weighted by Gasteiger charge is 2.19. The molecule has 16 heavy (non-hydrogen) atoms. The smallest absolute Gasteiger partial charge is 0.136 e. The zero-order valence-electron chi connectivity index (χ0n) is 9.81. The molecule has 0 amide bonds. The number of rotatable bonds is 4. The maximum absolute atomic E-state index is 13.6. The molecule has 0 saturated heterocycles. The Labute approximate surface area is 104 Å². The zero-order valence-corrected chi connectivity index (χ0v) is 11.4. The fourth-order valence-corrected chi connectivity index (χ4v) is 2.48. The summed E-state index contributed by atoms with van der Waals surface area (Å²) in [7, 11) is 1.59. The molecule has 0 spiro atoms. The van der Waals surface area contributed by atoms with Crippen molar-refractivity contribution in [3.63, 3.8) is 0 Å². The summed E-state index contributed by atoms with van der Waals surface area (Å²) < 4.78 is 19.6. The molecule has 1 unspecified atom stereocenters. The molecule has 0 radical (unpaired) electrons. The average Bonchev–Trinajstić information content (AvgIpc) is 2.23. The predicted octanol–water partition coefficient (Wildman–Crippen LogP) is 3.36. The molecule has 90 valence electrons. The lowest BCUT2D eigenvalue weighted by molar-refractivity contribution is 0.400. The molecular weight excluding hydrogens is 273 g/mol. The molecule has 0 aromatic heterocycles. The quantitative estimate of drug-likeness (QED) is 0.923. The van der Waals surface area contributed by atoms with Gasteiger partial charge >= 0.3 is 0 Å². The summed E-state index contributed by atoms with van der Waals surface area (Å²) >= 11 is 3.32. The van der Waals surface area contributed by atoms with Gasteiger partial charge in [0, 0.05) is 5.56 Å². The summed E-state index contributed by atoms with van der Waals surface area (Å²) in [5.74, 6) is 0.679. The van der Waals surface area contributed by atoms with Crippen LogP contribution in [-0.4, -0.2) is 13.7 Å². The highest BCUT2D eigenvalue weighted by atomic mass is 79.9. The van der Waals surface area contributed by atoms with Crippen molar-refractivity contribution in [3.05, 3.63) is 27.5 Å². The van der Waals surface area contributed by atoms with Crippen molar-refractivity contribution in [2.45, 2.75) is 26.2 Å². The zero-order chi connectivity index (χ0) is 12.3. The molecular formula is C12H17BrFNO. The Hall–Kier alpha value is -0.610. The first-order chi connectivity index (χ1) is 7.52. The van der Waals surface area contributed by atoms with Crippen LogP contribution in [0.25, 0.3) is 0 Å². The highest BCUT2D eigenvalue weighted by Crippen LogP contribution is 2.38. The van der Waals surface area contributed by atoms with Crippen LogP contribution in [0.4, 0.5) is 4.39 Å². The molecule has 0 aliphatic rings. The van der Waals surface area contributed by atoms with E-state index in [1.807, 2.05) is 6.92 Å². The van der Waals surface area contributed by atoms with Crippen LogP contribution in [0.1, 0.15) is 30.4 Å². The van der Waals surface area contributed by atoms with E-state index in [-0.39, 0.29) is 11.7 Å². The van der Waals surface area contributed by atoms with E-state index in [1.54, 1.807) is 14.0 Å². The summed E-state index contributed by atoms with van der Waals surface area (Å²) in [6, 6.07) is 1.44. The first kappa shape index (κ1) is 13.5. The van der Waals surface area contributed by atoms with Gasteiger partial charge in [-0.15, -0.1) is 0 Å². The predicted molar refractivity (Wildman–Crippen MR) is 67.5 cm³/mol. The molecule has 1 aromatic carbocycles. The number of hydrogen-bond acceptors (Lipinski definition) is 2. The maximum atomic E-state index is 13.6. The SMILES string of the molecule is COc1c(Br)cc(F)c(C)c1C(C)CCN. The Morgan fingerprint density at radius 3 is 2.69 bits per heavy atom. The molecule has 4 heteroatoms. The van der Waals surface area contributed by atoms with Crippen molar-refractivity contribution in [2.75, 3.05) is 13.7 Å². The molecule has 0 aliphatic carbocycles. The van der Waals surface area contributed by atoms with Gasteiger partial charge in [0.25, 0.3) is 0 Å².